The minimum atomic E-state index is -0.722. The Labute approximate surface area is 139 Å². The lowest BCUT2D eigenvalue weighted by Gasteiger charge is -2.26. The predicted octanol–water partition coefficient (Wildman–Crippen LogP) is 3.15. The van der Waals surface area contributed by atoms with Crippen molar-refractivity contribution in [2.24, 2.45) is 0 Å². The lowest BCUT2D eigenvalue weighted by molar-refractivity contribution is -0.139. The Hall–Kier alpha value is -3.08. The van der Waals surface area contributed by atoms with Crippen LogP contribution >= 0.6 is 0 Å². The van der Waals surface area contributed by atoms with Crippen LogP contribution in [0.5, 0.6) is 0 Å². The first-order valence-corrected chi connectivity index (χ1v) is 7.69. The number of hydrogen-bond donors (Lipinski definition) is 1. The number of esters is 1. The zero-order valence-electron chi connectivity index (χ0n) is 13.2. The van der Waals surface area contributed by atoms with E-state index < -0.39 is 23.7 Å². The normalized spacial score (nSPS) is 17.3. The van der Waals surface area contributed by atoms with Crippen molar-refractivity contribution >= 4 is 17.6 Å². The number of nitrogens with zero attached hydrogens (tertiary/aromatic N) is 1. The summed E-state index contributed by atoms with van der Waals surface area (Å²) < 4.78 is 5.04. The molecule has 0 saturated carbocycles. The van der Waals surface area contributed by atoms with Crippen molar-refractivity contribution in [2.75, 3.05) is 11.5 Å². The van der Waals surface area contributed by atoms with Crippen molar-refractivity contribution in [3.63, 3.8) is 0 Å². The topological polar surface area (TPSA) is 66.8 Å². The smallest absolute Gasteiger partial charge is 0.340 e. The summed E-state index contributed by atoms with van der Waals surface area (Å²) in [5, 5.41) is 10.3. The van der Waals surface area contributed by atoms with Crippen molar-refractivity contribution in [1.82, 2.24) is 0 Å². The van der Waals surface area contributed by atoms with Crippen LogP contribution in [0.25, 0.3) is 0 Å². The first-order chi connectivity index (χ1) is 11.6. The fourth-order valence-corrected chi connectivity index (χ4v) is 2.83. The Morgan fingerprint density at radius 3 is 2.25 bits per heavy atom. The van der Waals surface area contributed by atoms with E-state index in [1.54, 1.807) is 31.2 Å². The first kappa shape index (κ1) is 15.8. The van der Waals surface area contributed by atoms with Crippen LogP contribution in [0.15, 0.2) is 72.0 Å². The molecule has 3 rings (SSSR count). The number of aliphatic hydroxyl groups excluding tert-OH is 1. The molecule has 1 amide bonds. The third-order valence-corrected chi connectivity index (χ3v) is 3.85. The van der Waals surface area contributed by atoms with E-state index in [4.69, 9.17) is 4.74 Å². The van der Waals surface area contributed by atoms with Crippen LogP contribution in [-0.2, 0) is 14.3 Å². The Balaban J connectivity index is 2.14. The summed E-state index contributed by atoms with van der Waals surface area (Å²) >= 11 is 0. The SMILES string of the molecule is CCOC(=O)C1=C(O)C(=O)N(c2ccccc2)[C@@H]1c1ccccc1. The van der Waals surface area contributed by atoms with E-state index in [1.807, 2.05) is 36.4 Å². The third-order valence-electron chi connectivity index (χ3n) is 3.85. The molecule has 2 aromatic rings. The molecule has 1 heterocycles. The number of carbonyl (C=O) groups is 2. The number of anilines is 1. The van der Waals surface area contributed by atoms with Crippen LogP contribution in [0.3, 0.4) is 0 Å². The second-order valence-corrected chi connectivity index (χ2v) is 5.31. The van der Waals surface area contributed by atoms with Gasteiger partial charge in [-0.3, -0.25) is 9.69 Å². The quantitative estimate of drug-likeness (QED) is 0.878. The van der Waals surface area contributed by atoms with Gasteiger partial charge in [-0.15, -0.1) is 0 Å². The van der Waals surface area contributed by atoms with Gasteiger partial charge in [0.1, 0.15) is 5.57 Å². The third kappa shape index (κ3) is 2.65. The van der Waals surface area contributed by atoms with Gasteiger partial charge in [0.15, 0.2) is 5.76 Å². The van der Waals surface area contributed by atoms with Gasteiger partial charge in [-0.05, 0) is 24.6 Å². The summed E-state index contributed by atoms with van der Waals surface area (Å²) in [6, 6.07) is 17.3. The number of amides is 1. The summed E-state index contributed by atoms with van der Waals surface area (Å²) in [4.78, 5) is 26.4. The standard InChI is InChI=1S/C19H17NO4/c1-2-24-19(23)15-16(13-9-5-3-6-10-13)20(18(22)17(15)21)14-11-7-4-8-12-14/h3-12,16,21H,2H2,1H3/t16-/m1/s1. The molecular formula is C19H17NO4. The van der Waals surface area contributed by atoms with Gasteiger partial charge < -0.3 is 9.84 Å². The average molecular weight is 323 g/mol. The van der Waals surface area contributed by atoms with Gasteiger partial charge in [0, 0.05) is 5.69 Å². The second kappa shape index (κ2) is 6.58. The fourth-order valence-electron chi connectivity index (χ4n) is 2.83. The number of benzene rings is 2. The number of carbonyl (C=O) groups excluding carboxylic acids is 2. The molecule has 0 radical (unpaired) electrons. The van der Waals surface area contributed by atoms with Gasteiger partial charge in [-0.25, -0.2) is 4.79 Å². The van der Waals surface area contributed by atoms with E-state index in [2.05, 4.69) is 0 Å². The Morgan fingerprint density at radius 1 is 1.08 bits per heavy atom. The largest absolute Gasteiger partial charge is 0.503 e. The lowest BCUT2D eigenvalue weighted by atomic mass is 9.99. The molecule has 0 fully saturated rings. The molecule has 2 aromatic carbocycles. The molecule has 1 aliphatic heterocycles. The lowest BCUT2D eigenvalue weighted by Crippen LogP contribution is -2.31. The molecule has 1 N–H and O–H groups in total. The minimum absolute atomic E-state index is 0.0306. The molecule has 1 atom stereocenters. The van der Waals surface area contributed by atoms with Crippen molar-refractivity contribution in [1.29, 1.82) is 0 Å². The highest BCUT2D eigenvalue weighted by molar-refractivity contribution is 6.15. The number of rotatable bonds is 4. The fraction of sp³-hybridized carbons (Fsp3) is 0.158. The summed E-state index contributed by atoms with van der Waals surface area (Å²) in [5.41, 5.74) is 1.29. The Bertz CT molecular complexity index is 784. The van der Waals surface area contributed by atoms with Crippen LogP contribution in [-0.4, -0.2) is 23.6 Å². The minimum Gasteiger partial charge on any atom is -0.503 e. The van der Waals surface area contributed by atoms with E-state index in [1.165, 1.54) is 4.90 Å². The van der Waals surface area contributed by atoms with Crippen molar-refractivity contribution in [3.8, 4) is 0 Å². The zero-order valence-corrected chi connectivity index (χ0v) is 13.2. The van der Waals surface area contributed by atoms with Crippen LogP contribution in [0.4, 0.5) is 5.69 Å². The molecule has 122 valence electrons. The number of hydrogen-bond acceptors (Lipinski definition) is 4. The van der Waals surface area contributed by atoms with Gasteiger partial charge in [0.2, 0.25) is 0 Å². The molecule has 1 aliphatic rings. The van der Waals surface area contributed by atoms with E-state index in [9.17, 15) is 14.7 Å². The average Bonchev–Trinajstić information content (AvgIpc) is 2.88. The summed E-state index contributed by atoms with van der Waals surface area (Å²) in [6.07, 6.45) is 0. The van der Waals surface area contributed by atoms with Crippen molar-refractivity contribution < 1.29 is 19.4 Å². The summed E-state index contributed by atoms with van der Waals surface area (Å²) in [7, 11) is 0. The molecule has 0 spiro atoms. The monoisotopic (exact) mass is 323 g/mol. The van der Waals surface area contributed by atoms with Crippen LogP contribution in [0.2, 0.25) is 0 Å². The first-order valence-electron chi connectivity index (χ1n) is 7.69. The maximum Gasteiger partial charge on any atom is 0.340 e. The molecule has 24 heavy (non-hydrogen) atoms. The molecule has 0 aliphatic carbocycles. The molecule has 0 bridgehead atoms. The Morgan fingerprint density at radius 2 is 1.67 bits per heavy atom. The van der Waals surface area contributed by atoms with E-state index in [0.29, 0.717) is 5.69 Å². The van der Waals surface area contributed by atoms with Gasteiger partial charge in [0.05, 0.1) is 12.6 Å². The molecule has 5 nitrogen and oxygen atoms in total. The number of para-hydroxylation sites is 1. The molecule has 0 aromatic heterocycles. The van der Waals surface area contributed by atoms with Gasteiger partial charge in [-0.2, -0.15) is 0 Å². The van der Waals surface area contributed by atoms with Crippen molar-refractivity contribution in [3.05, 3.63) is 77.6 Å². The highest BCUT2D eigenvalue weighted by atomic mass is 16.5. The van der Waals surface area contributed by atoms with Crippen LogP contribution < -0.4 is 4.90 Å². The molecule has 0 unspecified atom stereocenters. The predicted molar refractivity (Wildman–Crippen MR) is 89.4 cm³/mol. The maximum atomic E-state index is 12.6. The molecule has 0 saturated heterocycles. The maximum absolute atomic E-state index is 12.6. The van der Waals surface area contributed by atoms with Gasteiger partial charge >= 0.3 is 5.97 Å². The van der Waals surface area contributed by atoms with Gasteiger partial charge in [-0.1, -0.05) is 48.5 Å². The van der Waals surface area contributed by atoms with E-state index in [0.717, 1.165) is 5.56 Å². The Kier molecular flexibility index (Phi) is 4.33. The van der Waals surface area contributed by atoms with Crippen LogP contribution in [0, 0.1) is 0 Å². The summed E-state index contributed by atoms with van der Waals surface area (Å²) in [5.74, 6) is -1.86. The number of aliphatic hydroxyl groups is 1. The van der Waals surface area contributed by atoms with Crippen LogP contribution in [0.1, 0.15) is 18.5 Å². The van der Waals surface area contributed by atoms with Gasteiger partial charge in [0.25, 0.3) is 5.91 Å². The summed E-state index contributed by atoms with van der Waals surface area (Å²) in [6.45, 7) is 1.84. The van der Waals surface area contributed by atoms with E-state index in [-0.39, 0.29) is 12.2 Å². The highest BCUT2D eigenvalue weighted by Gasteiger charge is 2.45. The second-order valence-electron chi connectivity index (χ2n) is 5.31. The molecule has 5 heteroatoms. The number of ether oxygens (including phenoxy) is 1. The van der Waals surface area contributed by atoms with Crippen molar-refractivity contribution in [2.45, 2.75) is 13.0 Å². The van der Waals surface area contributed by atoms with E-state index >= 15 is 0 Å². The zero-order chi connectivity index (χ0) is 17.1. The molecular weight excluding hydrogens is 306 g/mol. The highest BCUT2D eigenvalue weighted by Crippen LogP contribution is 2.40.